The Morgan fingerprint density at radius 2 is 0.945 bits per heavy atom. The van der Waals surface area contributed by atoms with Crippen LogP contribution in [0, 0.1) is 0 Å². The Morgan fingerprint density at radius 3 is 1.73 bits per heavy atom. The number of benzene rings is 9. The summed E-state index contributed by atoms with van der Waals surface area (Å²) in [6.45, 7) is 0. The molecule has 5 heteroatoms. The van der Waals surface area contributed by atoms with Crippen LogP contribution in [0.25, 0.3) is 123 Å². The molecular formula is C50H27N3S2. The molecule has 13 rings (SSSR count). The zero-order valence-corrected chi connectivity index (χ0v) is 30.9. The molecule has 0 atom stereocenters. The van der Waals surface area contributed by atoms with Crippen LogP contribution < -0.4 is 0 Å². The van der Waals surface area contributed by atoms with Crippen molar-refractivity contribution in [2.45, 2.75) is 0 Å². The van der Waals surface area contributed by atoms with Gasteiger partial charge in [0, 0.05) is 62.8 Å². The standard InChI is InChI=1S/C50H27N3S2/c1-2-13-29-28(12-1)24-25-38-45-39(27-26-34-32-16-4-3-14-30(32)31-15-5-6-17-33(31)44(34)45)53(48(29)38)50-51-47(46-36-19-8-10-22-41(36)55-49(46)52-50)37-20-11-23-42-43(37)35-18-7-9-21-40(35)54-42/h1-27H. The van der Waals surface area contributed by atoms with E-state index in [4.69, 9.17) is 9.97 Å². The Morgan fingerprint density at radius 1 is 0.364 bits per heavy atom. The molecule has 0 spiro atoms. The van der Waals surface area contributed by atoms with Crippen molar-refractivity contribution < 1.29 is 0 Å². The second-order valence-corrected chi connectivity index (χ2v) is 16.5. The maximum Gasteiger partial charge on any atom is 0.236 e. The number of fused-ring (bicyclic) bond motifs is 18. The smallest absolute Gasteiger partial charge is 0.236 e. The monoisotopic (exact) mass is 733 g/mol. The second-order valence-electron chi connectivity index (χ2n) is 14.4. The van der Waals surface area contributed by atoms with Crippen LogP contribution in [0.1, 0.15) is 0 Å². The van der Waals surface area contributed by atoms with Crippen molar-refractivity contribution in [3.63, 3.8) is 0 Å². The summed E-state index contributed by atoms with van der Waals surface area (Å²) in [6.07, 6.45) is 0. The maximum atomic E-state index is 5.74. The van der Waals surface area contributed by atoms with Gasteiger partial charge in [-0.3, -0.25) is 4.57 Å². The summed E-state index contributed by atoms with van der Waals surface area (Å²) in [4.78, 5) is 12.3. The molecule has 254 valence electrons. The fraction of sp³-hybridized carbons (Fsp3) is 0. The molecule has 0 saturated carbocycles. The molecule has 9 aromatic carbocycles. The average molecular weight is 734 g/mol. The normalized spacial score (nSPS) is 12.4. The zero-order valence-electron chi connectivity index (χ0n) is 29.2. The lowest BCUT2D eigenvalue weighted by Gasteiger charge is -2.13. The van der Waals surface area contributed by atoms with E-state index in [1.165, 1.54) is 84.1 Å². The van der Waals surface area contributed by atoms with E-state index in [9.17, 15) is 0 Å². The first-order valence-electron chi connectivity index (χ1n) is 18.6. The van der Waals surface area contributed by atoms with Gasteiger partial charge < -0.3 is 0 Å². The number of rotatable bonds is 2. The van der Waals surface area contributed by atoms with Crippen molar-refractivity contribution in [3.05, 3.63) is 164 Å². The molecule has 13 aromatic rings. The van der Waals surface area contributed by atoms with Gasteiger partial charge in [0.05, 0.1) is 16.7 Å². The van der Waals surface area contributed by atoms with E-state index in [-0.39, 0.29) is 0 Å². The van der Waals surface area contributed by atoms with E-state index >= 15 is 0 Å². The molecule has 0 amide bonds. The summed E-state index contributed by atoms with van der Waals surface area (Å²) in [6, 6.07) is 59.8. The van der Waals surface area contributed by atoms with E-state index in [2.05, 4.69) is 168 Å². The van der Waals surface area contributed by atoms with Crippen LogP contribution >= 0.6 is 22.7 Å². The third-order valence-electron chi connectivity index (χ3n) is 11.6. The maximum absolute atomic E-state index is 5.74. The zero-order chi connectivity index (χ0) is 35.8. The average Bonchev–Trinajstić information content (AvgIpc) is 3.93. The summed E-state index contributed by atoms with van der Waals surface area (Å²) < 4.78 is 6.12. The van der Waals surface area contributed by atoms with Crippen LogP contribution in [0.5, 0.6) is 0 Å². The highest BCUT2D eigenvalue weighted by Crippen LogP contribution is 2.47. The Hall–Kier alpha value is -6.66. The van der Waals surface area contributed by atoms with Gasteiger partial charge in [-0.15, -0.1) is 22.7 Å². The number of nitrogens with zero attached hydrogens (tertiary/aromatic N) is 3. The van der Waals surface area contributed by atoms with Gasteiger partial charge in [-0.05, 0) is 56.6 Å². The Labute approximate surface area is 322 Å². The molecule has 55 heavy (non-hydrogen) atoms. The Bertz CT molecular complexity index is 3760. The Kier molecular flexibility index (Phi) is 5.93. The van der Waals surface area contributed by atoms with Gasteiger partial charge in [-0.1, -0.05) is 140 Å². The lowest BCUT2D eigenvalue weighted by Crippen LogP contribution is -2.03. The van der Waals surface area contributed by atoms with Gasteiger partial charge in [0.15, 0.2) is 0 Å². The van der Waals surface area contributed by atoms with Gasteiger partial charge in [-0.25, -0.2) is 9.97 Å². The van der Waals surface area contributed by atoms with Gasteiger partial charge in [-0.2, -0.15) is 0 Å². The van der Waals surface area contributed by atoms with Gasteiger partial charge in [0.2, 0.25) is 5.95 Å². The van der Waals surface area contributed by atoms with Crippen molar-refractivity contribution in [1.29, 1.82) is 0 Å². The predicted molar refractivity (Wildman–Crippen MR) is 238 cm³/mol. The highest BCUT2D eigenvalue weighted by Gasteiger charge is 2.24. The number of hydrogen-bond donors (Lipinski definition) is 0. The molecule has 0 N–H and O–H groups in total. The Balaban J connectivity index is 1.25. The third-order valence-corrected chi connectivity index (χ3v) is 13.8. The minimum Gasteiger partial charge on any atom is -0.277 e. The van der Waals surface area contributed by atoms with Crippen LogP contribution in [0.15, 0.2) is 164 Å². The third kappa shape index (κ3) is 3.98. The van der Waals surface area contributed by atoms with Gasteiger partial charge in [0.25, 0.3) is 0 Å². The van der Waals surface area contributed by atoms with E-state index < -0.39 is 0 Å². The van der Waals surface area contributed by atoms with Gasteiger partial charge >= 0.3 is 0 Å². The fourth-order valence-electron chi connectivity index (χ4n) is 9.35. The molecule has 0 saturated heterocycles. The molecule has 4 aromatic heterocycles. The van der Waals surface area contributed by atoms with E-state index in [1.807, 2.05) is 11.3 Å². The van der Waals surface area contributed by atoms with E-state index in [0.29, 0.717) is 5.95 Å². The van der Waals surface area contributed by atoms with Crippen LogP contribution in [0.3, 0.4) is 0 Å². The van der Waals surface area contributed by atoms with E-state index in [1.54, 1.807) is 11.3 Å². The summed E-state index contributed by atoms with van der Waals surface area (Å²) in [5.41, 5.74) is 4.34. The van der Waals surface area contributed by atoms with Crippen LogP contribution in [0.2, 0.25) is 0 Å². The predicted octanol–water partition coefficient (Wildman–Crippen LogP) is 14.6. The first-order valence-corrected chi connectivity index (χ1v) is 20.2. The van der Waals surface area contributed by atoms with E-state index in [0.717, 1.165) is 32.5 Å². The van der Waals surface area contributed by atoms with Crippen molar-refractivity contribution in [3.8, 4) is 17.2 Å². The fourth-order valence-corrected chi connectivity index (χ4v) is 11.6. The topological polar surface area (TPSA) is 30.7 Å². The molecule has 3 nitrogen and oxygen atoms in total. The van der Waals surface area contributed by atoms with Crippen molar-refractivity contribution >= 4 is 128 Å². The minimum absolute atomic E-state index is 0.686. The molecule has 0 fully saturated rings. The summed E-state index contributed by atoms with van der Waals surface area (Å²) in [5, 5.41) is 17.2. The highest BCUT2D eigenvalue weighted by atomic mass is 32.1. The summed E-state index contributed by atoms with van der Waals surface area (Å²) in [5.74, 6) is 0.686. The van der Waals surface area contributed by atoms with Crippen molar-refractivity contribution in [2.75, 3.05) is 0 Å². The molecule has 4 heterocycles. The summed E-state index contributed by atoms with van der Waals surface area (Å²) >= 11 is 3.60. The van der Waals surface area contributed by atoms with Crippen LogP contribution in [-0.2, 0) is 0 Å². The summed E-state index contributed by atoms with van der Waals surface area (Å²) in [7, 11) is 0. The quantitative estimate of drug-likeness (QED) is 0.166. The first kappa shape index (κ1) is 29.8. The van der Waals surface area contributed by atoms with Crippen molar-refractivity contribution in [1.82, 2.24) is 14.5 Å². The lowest BCUT2D eigenvalue weighted by atomic mass is 9.91. The number of thiophene rings is 2. The highest BCUT2D eigenvalue weighted by molar-refractivity contribution is 7.26. The largest absolute Gasteiger partial charge is 0.277 e. The van der Waals surface area contributed by atoms with Crippen LogP contribution in [0.4, 0.5) is 0 Å². The second kappa shape index (κ2) is 11.0. The number of hydrogen-bond acceptors (Lipinski definition) is 4. The van der Waals surface area contributed by atoms with Crippen molar-refractivity contribution in [2.24, 2.45) is 0 Å². The molecule has 0 aliphatic heterocycles. The number of aromatic nitrogens is 3. The molecule has 0 aliphatic carbocycles. The molecule has 0 aliphatic rings. The van der Waals surface area contributed by atoms with Crippen LogP contribution in [-0.4, -0.2) is 14.5 Å². The minimum atomic E-state index is 0.686. The molecule has 0 bridgehead atoms. The molecular weight excluding hydrogens is 707 g/mol. The first-order chi connectivity index (χ1) is 27.3. The lowest BCUT2D eigenvalue weighted by molar-refractivity contribution is 1.02. The van der Waals surface area contributed by atoms with Gasteiger partial charge in [0.1, 0.15) is 4.83 Å². The molecule has 0 radical (unpaired) electrons. The molecule has 0 unspecified atom stereocenters. The SMILES string of the molecule is c1ccc2c(c1)ccc1c3c4c5ccccc5c5ccccc5c4ccc3n(-c3nc(-c4cccc5sc6ccccc6c45)c4c(n3)sc3ccccc34)c21.